The lowest BCUT2D eigenvalue weighted by Crippen LogP contribution is -2.19. The van der Waals surface area contributed by atoms with E-state index in [-0.39, 0.29) is 0 Å². The van der Waals surface area contributed by atoms with E-state index >= 15 is 0 Å². The molecular weight excluding hydrogens is 258 g/mol. The second kappa shape index (κ2) is 7.79. The number of aromatic nitrogens is 1. The summed E-state index contributed by atoms with van der Waals surface area (Å²) in [5.74, 6) is 0.678. The van der Waals surface area contributed by atoms with Gasteiger partial charge in [0, 0.05) is 25.5 Å². The highest BCUT2D eigenvalue weighted by Crippen LogP contribution is 2.13. The Morgan fingerprint density at radius 3 is 2.48 bits per heavy atom. The highest BCUT2D eigenvalue weighted by Gasteiger charge is 2.03. The van der Waals surface area contributed by atoms with E-state index in [1.165, 1.54) is 11.3 Å². The van der Waals surface area contributed by atoms with Crippen LogP contribution in [0.25, 0.3) is 0 Å². The first-order valence-corrected chi connectivity index (χ1v) is 7.56. The van der Waals surface area contributed by atoms with Gasteiger partial charge in [-0.15, -0.1) is 0 Å². The number of para-hydroxylation sites is 1. The van der Waals surface area contributed by atoms with Crippen LogP contribution < -0.4 is 10.2 Å². The highest BCUT2D eigenvalue weighted by molar-refractivity contribution is 5.45. The van der Waals surface area contributed by atoms with Crippen LogP contribution in [-0.4, -0.2) is 18.6 Å². The molecule has 2 aromatic rings. The Morgan fingerprint density at radius 1 is 1.10 bits per heavy atom. The fourth-order valence-electron chi connectivity index (χ4n) is 2.18. The molecule has 3 nitrogen and oxygen atoms in total. The van der Waals surface area contributed by atoms with Crippen molar-refractivity contribution in [2.75, 3.05) is 18.5 Å². The molecule has 1 aromatic heterocycles. The number of anilines is 1. The van der Waals surface area contributed by atoms with Gasteiger partial charge in [0.05, 0.1) is 12.2 Å². The van der Waals surface area contributed by atoms with Crippen molar-refractivity contribution in [2.45, 2.75) is 26.9 Å². The second-order valence-electron chi connectivity index (χ2n) is 5.87. The Bertz CT molecular complexity index is 520. The molecule has 0 aliphatic carbocycles. The van der Waals surface area contributed by atoms with Gasteiger partial charge in [-0.2, -0.15) is 0 Å². The van der Waals surface area contributed by atoms with Gasteiger partial charge >= 0.3 is 0 Å². The first kappa shape index (κ1) is 15.5. The van der Waals surface area contributed by atoms with E-state index in [4.69, 9.17) is 0 Å². The fourth-order valence-corrected chi connectivity index (χ4v) is 2.18. The molecule has 0 amide bonds. The van der Waals surface area contributed by atoms with Gasteiger partial charge in [0.25, 0.3) is 0 Å². The molecule has 112 valence electrons. The summed E-state index contributed by atoms with van der Waals surface area (Å²) in [5.41, 5.74) is 3.54. The molecule has 0 saturated carbocycles. The van der Waals surface area contributed by atoms with E-state index in [9.17, 15) is 0 Å². The summed E-state index contributed by atoms with van der Waals surface area (Å²) in [6, 6.07) is 14.7. The Kier molecular flexibility index (Phi) is 5.76. The van der Waals surface area contributed by atoms with Gasteiger partial charge in [-0.3, -0.25) is 4.98 Å². The summed E-state index contributed by atoms with van der Waals surface area (Å²) in [7, 11) is 2.09. The van der Waals surface area contributed by atoms with Gasteiger partial charge in [0.15, 0.2) is 0 Å². The molecule has 0 atom stereocenters. The number of nitrogens with one attached hydrogen (secondary N) is 1. The third-order valence-electron chi connectivity index (χ3n) is 3.36. The number of pyridine rings is 1. The fraction of sp³-hybridized carbons (Fsp3) is 0.389. The minimum Gasteiger partial charge on any atom is -0.369 e. The maximum Gasteiger partial charge on any atom is 0.0598 e. The zero-order valence-electron chi connectivity index (χ0n) is 13.2. The molecule has 0 unspecified atom stereocenters. The van der Waals surface area contributed by atoms with E-state index in [1.807, 2.05) is 12.3 Å². The predicted octanol–water partition coefficient (Wildman–Crippen LogP) is 3.46. The minimum absolute atomic E-state index is 0.678. The Morgan fingerprint density at radius 2 is 1.86 bits per heavy atom. The Hall–Kier alpha value is -1.87. The molecule has 0 bridgehead atoms. The largest absolute Gasteiger partial charge is 0.369 e. The molecule has 3 heteroatoms. The van der Waals surface area contributed by atoms with E-state index in [0.717, 1.165) is 25.3 Å². The second-order valence-corrected chi connectivity index (χ2v) is 5.87. The molecule has 0 aliphatic rings. The topological polar surface area (TPSA) is 28.2 Å². The van der Waals surface area contributed by atoms with Gasteiger partial charge < -0.3 is 10.2 Å². The molecule has 1 aromatic carbocycles. The maximum atomic E-state index is 4.56. The summed E-state index contributed by atoms with van der Waals surface area (Å²) >= 11 is 0. The number of benzene rings is 1. The summed E-state index contributed by atoms with van der Waals surface area (Å²) in [6.07, 6.45) is 1.97. The molecule has 0 saturated heterocycles. The van der Waals surface area contributed by atoms with Crippen molar-refractivity contribution in [2.24, 2.45) is 5.92 Å². The lowest BCUT2D eigenvalue weighted by atomic mass is 10.2. The van der Waals surface area contributed by atoms with Crippen LogP contribution in [0.15, 0.2) is 48.7 Å². The quantitative estimate of drug-likeness (QED) is 0.843. The third kappa shape index (κ3) is 5.20. The zero-order valence-corrected chi connectivity index (χ0v) is 13.2. The monoisotopic (exact) mass is 283 g/mol. The number of hydrogen-bond donors (Lipinski definition) is 1. The maximum absolute atomic E-state index is 4.56. The lowest BCUT2D eigenvalue weighted by molar-refractivity contribution is 0.551. The van der Waals surface area contributed by atoms with Crippen LogP contribution in [0.5, 0.6) is 0 Å². The summed E-state index contributed by atoms with van der Waals surface area (Å²) in [4.78, 5) is 6.77. The van der Waals surface area contributed by atoms with Crippen molar-refractivity contribution in [1.29, 1.82) is 0 Å². The molecule has 1 N–H and O–H groups in total. The van der Waals surface area contributed by atoms with Crippen LogP contribution >= 0.6 is 0 Å². The molecular formula is C18H25N3. The number of nitrogens with zero attached hydrogens (tertiary/aromatic N) is 2. The number of hydrogen-bond acceptors (Lipinski definition) is 3. The standard InChI is InChI=1S/C18H25N3/c1-15(2)11-19-12-16-9-10-17(20-13-16)14-21(3)18-7-5-4-6-8-18/h4-10,13,15,19H,11-12,14H2,1-3H3. The van der Waals surface area contributed by atoms with Gasteiger partial charge in [0.1, 0.15) is 0 Å². The van der Waals surface area contributed by atoms with Crippen molar-refractivity contribution < 1.29 is 0 Å². The normalized spacial score (nSPS) is 10.9. The predicted molar refractivity (Wildman–Crippen MR) is 89.3 cm³/mol. The van der Waals surface area contributed by atoms with Gasteiger partial charge in [-0.1, -0.05) is 38.1 Å². The van der Waals surface area contributed by atoms with E-state index in [0.29, 0.717) is 5.92 Å². The molecule has 0 radical (unpaired) electrons. The van der Waals surface area contributed by atoms with Crippen molar-refractivity contribution in [3.63, 3.8) is 0 Å². The van der Waals surface area contributed by atoms with Crippen LogP contribution in [0.2, 0.25) is 0 Å². The van der Waals surface area contributed by atoms with E-state index < -0.39 is 0 Å². The smallest absolute Gasteiger partial charge is 0.0598 e. The molecule has 1 heterocycles. The SMILES string of the molecule is CC(C)CNCc1ccc(CN(C)c2ccccc2)nc1. The van der Waals surface area contributed by atoms with Crippen LogP contribution in [-0.2, 0) is 13.1 Å². The molecule has 0 spiro atoms. The van der Waals surface area contributed by atoms with Gasteiger partial charge in [-0.25, -0.2) is 0 Å². The van der Waals surface area contributed by atoms with Crippen molar-refractivity contribution >= 4 is 5.69 Å². The van der Waals surface area contributed by atoms with Crippen LogP contribution in [0.1, 0.15) is 25.1 Å². The van der Waals surface area contributed by atoms with Crippen molar-refractivity contribution in [3.05, 3.63) is 59.9 Å². The highest BCUT2D eigenvalue weighted by atomic mass is 15.1. The Labute approximate surface area is 128 Å². The van der Waals surface area contributed by atoms with Gasteiger partial charge in [-0.05, 0) is 36.2 Å². The molecule has 2 rings (SSSR count). The van der Waals surface area contributed by atoms with Crippen molar-refractivity contribution in [3.8, 4) is 0 Å². The molecule has 0 fully saturated rings. The van der Waals surface area contributed by atoms with E-state index in [2.05, 4.69) is 72.5 Å². The lowest BCUT2D eigenvalue weighted by Gasteiger charge is -2.18. The first-order chi connectivity index (χ1) is 10.1. The summed E-state index contributed by atoms with van der Waals surface area (Å²) < 4.78 is 0. The average Bonchev–Trinajstić information content (AvgIpc) is 2.49. The minimum atomic E-state index is 0.678. The zero-order chi connectivity index (χ0) is 15.1. The average molecular weight is 283 g/mol. The molecule has 0 aliphatic heterocycles. The number of rotatable bonds is 7. The summed E-state index contributed by atoms with van der Waals surface area (Å²) in [6.45, 7) is 7.18. The van der Waals surface area contributed by atoms with Crippen LogP contribution in [0, 0.1) is 5.92 Å². The van der Waals surface area contributed by atoms with Crippen LogP contribution in [0.3, 0.4) is 0 Å². The van der Waals surface area contributed by atoms with Crippen molar-refractivity contribution in [1.82, 2.24) is 10.3 Å². The van der Waals surface area contributed by atoms with Crippen LogP contribution in [0.4, 0.5) is 5.69 Å². The summed E-state index contributed by atoms with van der Waals surface area (Å²) in [5, 5.41) is 3.44. The van der Waals surface area contributed by atoms with E-state index in [1.54, 1.807) is 0 Å². The third-order valence-corrected chi connectivity index (χ3v) is 3.36. The first-order valence-electron chi connectivity index (χ1n) is 7.56. The van der Waals surface area contributed by atoms with Gasteiger partial charge in [0.2, 0.25) is 0 Å². The Balaban J connectivity index is 1.87. The molecule has 21 heavy (non-hydrogen) atoms.